The maximum absolute atomic E-state index is 6.34. The van der Waals surface area contributed by atoms with Crippen molar-refractivity contribution in [2.24, 2.45) is 0 Å². The van der Waals surface area contributed by atoms with E-state index in [-0.39, 0.29) is 0 Å². The summed E-state index contributed by atoms with van der Waals surface area (Å²) in [7, 11) is 0. The molecule has 0 fully saturated rings. The number of fused-ring (bicyclic) bond motifs is 12. The highest BCUT2D eigenvalue weighted by atomic mass is 16.3. The maximum Gasteiger partial charge on any atom is 0.235 e. The van der Waals surface area contributed by atoms with Crippen molar-refractivity contribution in [3.05, 3.63) is 194 Å². The van der Waals surface area contributed by atoms with Crippen molar-refractivity contribution in [1.82, 2.24) is 19.1 Å². The first-order valence-corrected chi connectivity index (χ1v) is 20.0. The quantitative estimate of drug-likeness (QED) is 0.180. The molecule has 13 aromatic rings. The Morgan fingerprint density at radius 3 is 1.86 bits per heavy atom. The van der Waals surface area contributed by atoms with Gasteiger partial charge in [-0.2, -0.15) is 0 Å². The van der Waals surface area contributed by atoms with Gasteiger partial charge in [-0.05, 0) is 82.6 Å². The van der Waals surface area contributed by atoms with Crippen LogP contribution in [0.3, 0.4) is 0 Å². The molecule has 0 radical (unpaired) electrons. The molecule has 0 bridgehead atoms. The van der Waals surface area contributed by atoms with Gasteiger partial charge < -0.3 is 8.98 Å². The third kappa shape index (κ3) is 4.73. The van der Waals surface area contributed by atoms with Gasteiger partial charge in [0.05, 0.1) is 33.3 Å². The highest BCUT2D eigenvalue weighted by Crippen LogP contribution is 2.41. The number of nitrogens with zero attached hydrogens (tertiary/aromatic N) is 4. The molecule has 0 atom stereocenters. The Morgan fingerprint density at radius 2 is 1.00 bits per heavy atom. The molecule has 0 saturated carbocycles. The van der Waals surface area contributed by atoms with E-state index >= 15 is 0 Å². The molecule has 4 aromatic heterocycles. The van der Waals surface area contributed by atoms with Crippen molar-refractivity contribution in [2.75, 3.05) is 0 Å². The molecule has 9 aromatic carbocycles. The number of hydrogen-bond donors (Lipinski definition) is 0. The average molecular weight is 753 g/mol. The molecule has 0 spiro atoms. The smallest absolute Gasteiger partial charge is 0.235 e. The number of benzene rings is 9. The van der Waals surface area contributed by atoms with Gasteiger partial charge in [0.2, 0.25) is 5.95 Å². The van der Waals surface area contributed by atoms with E-state index in [0.717, 1.165) is 88.4 Å². The van der Waals surface area contributed by atoms with Crippen LogP contribution in [0, 0.1) is 0 Å². The molecule has 0 unspecified atom stereocenters. The van der Waals surface area contributed by atoms with Crippen LogP contribution in [-0.2, 0) is 0 Å². The van der Waals surface area contributed by atoms with Gasteiger partial charge in [-0.25, -0.2) is 9.97 Å². The molecule has 5 heteroatoms. The van der Waals surface area contributed by atoms with Crippen LogP contribution in [0.5, 0.6) is 0 Å². The molecule has 0 aliphatic heterocycles. The molecule has 5 nitrogen and oxygen atoms in total. The van der Waals surface area contributed by atoms with Gasteiger partial charge in [0, 0.05) is 55.0 Å². The number of rotatable bonds is 4. The molecule has 0 aliphatic carbocycles. The first kappa shape index (κ1) is 32.1. The van der Waals surface area contributed by atoms with E-state index in [4.69, 9.17) is 14.4 Å². The van der Waals surface area contributed by atoms with Crippen LogP contribution >= 0.6 is 0 Å². The van der Waals surface area contributed by atoms with E-state index in [1.165, 1.54) is 26.9 Å². The summed E-state index contributed by atoms with van der Waals surface area (Å²) in [5, 5.41) is 10.5. The monoisotopic (exact) mass is 752 g/mol. The lowest BCUT2D eigenvalue weighted by molar-refractivity contribution is 0.668. The van der Waals surface area contributed by atoms with E-state index < -0.39 is 0 Å². The first-order valence-electron chi connectivity index (χ1n) is 20.0. The van der Waals surface area contributed by atoms with E-state index in [1.54, 1.807) is 0 Å². The maximum atomic E-state index is 6.34. The van der Waals surface area contributed by atoms with Crippen molar-refractivity contribution in [3.8, 4) is 34.0 Å². The Hall–Kier alpha value is -8.02. The third-order valence-corrected chi connectivity index (χ3v) is 12.1. The average Bonchev–Trinajstić information content (AvgIpc) is 3.96. The summed E-state index contributed by atoms with van der Waals surface area (Å²) >= 11 is 0. The second-order valence-electron chi connectivity index (χ2n) is 15.4. The summed E-state index contributed by atoms with van der Waals surface area (Å²) in [5.41, 5.74) is 12.5. The second kappa shape index (κ2) is 12.2. The van der Waals surface area contributed by atoms with Crippen molar-refractivity contribution >= 4 is 87.2 Å². The Kier molecular flexibility index (Phi) is 6.66. The Balaban J connectivity index is 1.03. The minimum absolute atomic E-state index is 0.653. The molecule has 274 valence electrons. The minimum atomic E-state index is 0.653. The van der Waals surface area contributed by atoms with E-state index in [1.807, 2.05) is 24.3 Å². The van der Waals surface area contributed by atoms with Gasteiger partial charge in [-0.3, -0.25) is 4.57 Å². The van der Waals surface area contributed by atoms with Crippen LogP contribution in [0.4, 0.5) is 0 Å². The van der Waals surface area contributed by atoms with Crippen molar-refractivity contribution in [1.29, 1.82) is 0 Å². The lowest BCUT2D eigenvalue weighted by atomic mass is 9.99. The Morgan fingerprint density at radius 1 is 0.356 bits per heavy atom. The second-order valence-corrected chi connectivity index (χ2v) is 15.4. The number of para-hydroxylation sites is 3. The van der Waals surface area contributed by atoms with Crippen LogP contribution in [-0.4, -0.2) is 19.1 Å². The molecule has 0 saturated heterocycles. The first-order chi connectivity index (χ1) is 29.2. The molecule has 0 N–H and O–H groups in total. The summed E-state index contributed by atoms with van der Waals surface area (Å²) in [4.78, 5) is 10.6. The molecular formula is C54H32N4O. The summed E-state index contributed by atoms with van der Waals surface area (Å²) in [6, 6.07) is 69.0. The summed E-state index contributed by atoms with van der Waals surface area (Å²) in [6.45, 7) is 0. The fraction of sp³-hybridized carbons (Fsp3) is 0. The zero-order valence-electron chi connectivity index (χ0n) is 31.7. The Bertz CT molecular complexity index is 3850. The standard InChI is InChI=1S/C54H32N4O/c1-2-13-34(14-3-1)53-42-18-6-9-19-45(42)55-54(56-53)58-48-28-24-36(31-44(48)52-38-15-5-4-12-33(38)22-29-49(52)58)35-23-27-47-43(30-35)39-16-7-10-20-46(39)57(47)37-25-26-41-40-17-8-11-21-50(40)59-51(41)32-37/h1-32H. The van der Waals surface area contributed by atoms with Crippen LogP contribution < -0.4 is 0 Å². The molecule has 13 rings (SSSR count). The Labute approximate surface area is 337 Å². The molecule has 59 heavy (non-hydrogen) atoms. The van der Waals surface area contributed by atoms with Crippen molar-refractivity contribution in [2.45, 2.75) is 0 Å². The fourth-order valence-corrected chi connectivity index (χ4v) is 9.45. The zero-order valence-corrected chi connectivity index (χ0v) is 31.7. The van der Waals surface area contributed by atoms with Crippen LogP contribution in [0.1, 0.15) is 0 Å². The normalized spacial score (nSPS) is 12.1. The number of aromatic nitrogens is 4. The summed E-state index contributed by atoms with van der Waals surface area (Å²) in [5.74, 6) is 0.653. The van der Waals surface area contributed by atoms with Gasteiger partial charge in [-0.1, -0.05) is 127 Å². The van der Waals surface area contributed by atoms with Crippen LogP contribution in [0.25, 0.3) is 121 Å². The lowest BCUT2D eigenvalue weighted by Gasteiger charge is -2.12. The number of hydrogen-bond acceptors (Lipinski definition) is 3. The lowest BCUT2D eigenvalue weighted by Crippen LogP contribution is -2.03. The molecule has 0 amide bonds. The zero-order chi connectivity index (χ0) is 38.6. The summed E-state index contributed by atoms with van der Waals surface area (Å²) in [6.07, 6.45) is 0. The van der Waals surface area contributed by atoms with Gasteiger partial charge >= 0.3 is 0 Å². The largest absolute Gasteiger partial charge is 0.456 e. The van der Waals surface area contributed by atoms with Crippen LogP contribution in [0.15, 0.2) is 199 Å². The topological polar surface area (TPSA) is 48.8 Å². The predicted molar refractivity (Wildman–Crippen MR) is 244 cm³/mol. The van der Waals surface area contributed by atoms with E-state index in [9.17, 15) is 0 Å². The van der Waals surface area contributed by atoms with E-state index in [2.05, 4.69) is 179 Å². The van der Waals surface area contributed by atoms with Gasteiger partial charge in [0.1, 0.15) is 11.2 Å². The SMILES string of the molecule is c1ccc(-c2nc(-n3c4ccc(-c5ccc6c(c5)c5ccccc5n6-c5ccc6c(c5)oc5ccccc56)cc4c4c5ccccc5ccc43)nc3ccccc23)cc1. The highest BCUT2D eigenvalue weighted by molar-refractivity contribution is 6.22. The van der Waals surface area contributed by atoms with Crippen molar-refractivity contribution in [3.63, 3.8) is 0 Å². The molecular weight excluding hydrogens is 721 g/mol. The van der Waals surface area contributed by atoms with Crippen LogP contribution in [0.2, 0.25) is 0 Å². The van der Waals surface area contributed by atoms with E-state index in [0.29, 0.717) is 5.95 Å². The molecule has 4 heterocycles. The van der Waals surface area contributed by atoms with Gasteiger partial charge in [-0.15, -0.1) is 0 Å². The third-order valence-electron chi connectivity index (χ3n) is 12.1. The van der Waals surface area contributed by atoms with Gasteiger partial charge in [0.15, 0.2) is 0 Å². The summed E-state index contributed by atoms with van der Waals surface area (Å²) < 4.78 is 10.9. The minimum Gasteiger partial charge on any atom is -0.456 e. The molecule has 0 aliphatic rings. The highest BCUT2D eigenvalue weighted by Gasteiger charge is 2.21. The fourth-order valence-electron chi connectivity index (χ4n) is 9.45. The van der Waals surface area contributed by atoms with Crippen molar-refractivity contribution < 1.29 is 4.42 Å². The predicted octanol–water partition coefficient (Wildman–Crippen LogP) is 14.2. The van der Waals surface area contributed by atoms with Gasteiger partial charge in [0.25, 0.3) is 0 Å². The number of furan rings is 1.